The smallest absolute Gasteiger partial charge is 0.266 e. The van der Waals surface area contributed by atoms with E-state index in [1.165, 1.54) is 37.5 Å². The van der Waals surface area contributed by atoms with Crippen molar-refractivity contribution >= 4 is 47.3 Å². The molecule has 0 radical (unpaired) electrons. The van der Waals surface area contributed by atoms with Gasteiger partial charge in [0.1, 0.15) is 17.6 Å². The Bertz CT molecular complexity index is 1930. The third kappa shape index (κ3) is 10.8. The molecule has 0 bridgehead atoms. The van der Waals surface area contributed by atoms with Crippen molar-refractivity contribution in [3.63, 3.8) is 0 Å². The first-order chi connectivity index (χ1) is 26.7. The van der Waals surface area contributed by atoms with Gasteiger partial charge < -0.3 is 34.3 Å². The number of imide groups is 2. The van der Waals surface area contributed by atoms with E-state index in [1.807, 2.05) is 42.5 Å². The molecule has 1 aliphatic carbocycles. The molecular formula is C39H40N4O12. The largest absolute Gasteiger partial charge is 0.496 e. The second kappa shape index (κ2) is 19.6. The summed E-state index contributed by atoms with van der Waals surface area (Å²) in [5, 5.41) is 7.41. The van der Waals surface area contributed by atoms with Crippen LogP contribution in [0, 0.1) is 0 Å². The molecule has 0 saturated carbocycles. The van der Waals surface area contributed by atoms with Crippen LogP contribution in [-0.2, 0) is 42.9 Å². The molecule has 0 aromatic heterocycles. The topological polar surface area (TPSA) is 205 Å². The van der Waals surface area contributed by atoms with Gasteiger partial charge in [-0.15, -0.1) is 0 Å². The van der Waals surface area contributed by atoms with Crippen LogP contribution in [0.25, 0.3) is 6.08 Å². The summed E-state index contributed by atoms with van der Waals surface area (Å²) >= 11 is 0. The lowest BCUT2D eigenvalue weighted by molar-refractivity contribution is -0.136. The van der Waals surface area contributed by atoms with Gasteiger partial charge in [-0.05, 0) is 30.2 Å². The number of carbonyl (C=O) groups is 7. The normalized spacial score (nSPS) is 17.5. The number of ketones is 1. The highest BCUT2D eigenvalue weighted by Crippen LogP contribution is 2.33. The van der Waals surface area contributed by atoms with E-state index >= 15 is 0 Å². The molecule has 1 atom stereocenters. The molecule has 2 aromatic carbocycles. The van der Waals surface area contributed by atoms with Crippen molar-refractivity contribution in [3.8, 4) is 5.75 Å². The first kappa shape index (κ1) is 39.8. The Morgan fingerprint density at radius 3 is 2.18 bits per heavy atom. The summed E-state index contributed by atoms with van der Waals surface area (Å²) in [5.41, 5.74) is 1.61. The Labute approximate surface area is 316 Å². The second-order valence-corrected chi connectivity index (χ2v) is 12.1. The summed E-state index contributed by atoms with van der Waals surface area (Å²) in [4.78, 5) is 87.8. The number of allylic oxidation sites excluding steroid dienone is 4. The Morgan fingerprint density at radius 2 is 1.51 bits per heavy atom. The van der Waals surface area contributed by atoms with E-state index < -0.39 is 53.9 Å². The second-order valence-electron chi connectivity index (χ2n) is 12.1. The number of nitrogens with zero attached hydrogens (tertiary/aromatic N) is 1. The lowest BCUT2D eigenvalue weighted by Gasteiger charge is -2.27. The van der Waals surface area contributed by atoms with Crippen molar-refractivity contribution in [2.24, 2.45) is 0 Å². The molecule has 1 saturated heterocycles. The molecule has 288 valence electrons. The SMILES string of the molecule is COC1=CC(=O)C(OCC(=O)NCCOCCOCCNC(=O)COc2cccc3c2C(=O)N(C2CCC(=O)NC2=O)C3=O)=CC1=CC=Cc1ccccc1. The summed E-state index contributed by atoms with van der Waals surface area (Å²) in [6, 6.07) is 13.0. The Balaban J connectivity index is 0.918. The number of hydrogen-bond acceptors (Lipinski definition) is 12. The molecule has 55 heavy (non-hydrogen) atoms. The van der Waals surface area contributed by atoms with Crippen molar-refractivity contribution < 1.29 is 57.2 Å². The molecule has 2 aromatic rings. The summed E-state index contributed by atoms with van der Waals surface area (Å²) in [6.45, 7) is 0.387. The van der Waals surface area contributed by atoms with E-state index in [2.05, 4.69) is 16.0 Å². The van der Waals surface area contributed by atoms with Gasteiger partial charge in [0.05, 0.1) is 44.7 Å². The number of hydrogen-bond donors (Lipinski definition) is 3. The number of amides is 6. The molecule has 0 spiro atoms. The summed E-state index contributed by atoms with van der Waals surface area (Å²) in [7, 11) is 1.46. The minimum atomic E-state index is -1.12. The van der Waals surface area contributed by atoms with Gasteiger partial charge in [0, 0.05) is 31.2 Å². The fourth-order valence-corrected chi connectivity index (χ4v) is 5.64. The van der Waals surface area contributed by atoms with E-state index in [9.17, 15) is 33.6 Å². The van der Waals surface area contributed by atoms with Crippen LogP contribution in [0.15, 0.2) is 89.9 Å². The quantitative estimate of drug-likeness (QED) is 0.137. The molecule has 3 aliphatic rings. The van der Waals surface area contributed by atoms with Gasteiger partial charge in [0.2, 0.25) is 17.6 Å². The van der Waals surface area contributed by atoms with Gasteiger partial charge in [-0.2, -0.15) is 0 Å². The number of methoxy groups -OCH3 is 1. The number of nitrogens with one attached hydrogen (secondary N) is 3. The molecule has 3 N–H and O–H groups in total. The van der Waals surface area contributed by atoms with Gasteiger partial charge in [-0.1, -0.05) is 54.6 Å². The maximum absolute atomic E-state index is 13.1. The molecule has 1 fully saturated rings. The minimum Gasteiger partial charge on any atom is -0.496 e. The van der Waals surface area contributed by atoms with Crippen LogP contribution in [0.2, 0.25) is 0 Å². The van der Waals surface area contributed by atoms with Crippen LogP contribution in [0.5, 0.6) is 5.75 Å². The van der Waals surface area contributed by atoms with Crippen LogP contribution in [0.1, 0.15) is 39.1 Å². The molecule has 2 heterocycles. The summed E-state index contributed by atoms with van der Waals surface area (Å²) < 4.78 is 27.2. The highest BCUT2D eigenvalue weighted by Gasteiger charge is 2.46. The van der Waals surface area contributed by atoms with Crippen molar-refractivity contribution in [3.05, 3.63) is 107 Å². The predicted molar refractivity (Wildman–Crippen MR) is 194 cm³/mol. The maximum atomic E-state index is 13.1. The van der Waals surface area contributed by atoms with Gasteiger partial charge in [-0.3, -0.25) is 43.8 Å². The number of carbonyl (C=O) groups excluding carboxylic acids is 7. The maximum Gasteiger partial charge on any atom is 0.266 e. The van der Waals surface area contributed by atoms with E-state index in [0.717, 1.165) is 10.5 Å². The van der Waals surface area contributed by atoms with Crippen LogP contribution in [0.4, 0.5) is 0 Å². The monoisotopic (exact) mass is 756 g/mol. The van der Waals surface area contributed by atoms with Gasteiger partial charge in [-0.25, -0.2) is 0 Å². The number of rotatable bonds is 19. The zero-order valence-electron chi connectivity index (χ0n) is 30.0. The van der Waals surface area contributed by atoms with E-state index in [4.69, 9.17) is 23.7 Å². The first-order valence-electron chi connectivity index (χ1n) is 17.4. The van der Waals surface area contributed by atoms with Gasteiger partial charge in [0.15, 0.2) is 19.0 Å². The van der Waals surface area contributed by atoms with Crippen molar-refractivity contribution in [2.45, 2.75) is 18.9 Å². The first-order valence-corrected chi connectivity index (χ1v) is 17.4. The van der Waals surface area contributed by atoms with E-state index in [-0.39, 0.29) is 81.6 Å². The number of fused-ring (bicyclic) bond motifs is 1. The zero-order chi connectivity index (χ0) is 39.2. The molecule has 6 amide bonds. The number of benzene rings is 2. The lowest BCUT2D eigenvalue weighted by Crippen LogP contribution is -2.54. The Hall–Kier alpha value is -6.39. The standard InChI is InChI=1S/C39H40N4O12/c1-51-31-22-29(44)32(21-26(31)10-5-9-25-7-3-2-4-8-25)55-24-35(47)41-16-18-53-20-19-52-17-15-40-34(46)23-54-30-12-6-11-27-36(30)39(50)43(38(27)49)28-13-14-33(45)42-37(28)48/h2-12,21-22,28H,13-20,23-24H2,1H3,(H,40,46)(H,41,47)(H,42,45,48). The predicted octanol–water partition coefficient (Wildman–Crippen LogP) is 1.39. The Kier molecular flexibility index (Phi) is 14.2. The molecule has 5 rings (SSSR count). The molecule has 16 nitrogen and oxygen atoms in total. The average molecular weight is 757 g/mol. The van der Waals surface area contributed by atoms with Crippen LogP contribution >= 0.6 is 0 Å². The van der Waals surface area contributed by atoms with Crippen LogP contribution in [0.3, 0.4) is 0 Å². The highest BCUT2D eigenvalue weighted by atomic mass is 16.5. The Morgan fingerprint density at radius 1 is 0.818 bits per heavy atom. The molecule has 2 aliphatic heterocycles. The fraction of sp³-hybridized carbons (Fsp3) is 0.308. The third-order valence-corrected chi connectivity index (χ3v) is 8.32. The zero-order valence-corrected chi connectivity index (χ0v) is 30.0. The molecule has 16 heteroatoms. The fourth-order valence-electron chi connectivity index (χ4n) is 5.64. The molecule has 1 unspecified atom stereocenters. The number of piperidine rings is 1. The minimum absolute atomic E-state index is 0.00463. The van der Waals surface area contributed by atoms with Crippen molar-refractivity contribution in [2.75, 3.05) is 59.8 Å². The highest BCUT2D eigenvalue weighted by molar-refractivity contribution is 6.24. The van der Waals surface area contributed by atoms with Gasteiger partial charge >= 0.3 is 0 Å². The van der Waals surface area contributed by atoms with E-state index in [1.54, 1.807) is 6.08 Å². The third-order valence-electron chi connectivity index (χ3n) is 8.32. The van der Waals surface area contributed by atoms with Gasteiger partial charge in [0.25, 0.3) is 23.6 Å². The van der Waals surface area contributed by atoms with Crippen LogP contribution < -0.4 is 20.7 Å². The number of ether oxygens (including phenoxy) is 5. The lowest BCUT2D eigenvalue weighted by atomic mass is 10.0. The van der Waals surface area contributed by atoms with E-state index in [0.29, 0.717) is 11.3 Å². The van der Waals surface area contributed by atoms with Crippen molar-refractivity contribution in [1.82, 2.24) is 20.9 Å². The average Bonchev–Trinajstić information content (AvgIpc) is 3.43. The van der Waals surface area contributed by atoms with Crippen LogP contribution in [-0.4, -0.2) is 112 Å². The van der Waals surface area contributed by atoms with Crippen molar-refractivity contribution in [1.29, 1.82) is 0 Å². The summed E-state index contributed by atoms with van der Waals surface area (Å²) in [5.74, 6) is -3.55. The molecular weight excluding hydrogens is 716 g/mol. The summed E-state index contributed by atoms with van der Waals surface area (Å²) in [6.07, 6.45) is 8.36.